The van der Waals surface area contributed by atoms with Crippen molar-refractivity contribution in [1.82, 2.24) is 4.90 Å². The topological polar surface area (TPSA) is 40.5 Å². The Morgan fingerprint density at radius 3 is 2.20 bits per heavy atom. The van der Waals surface area contributed by atoms with E-state index in [1.165, 1.54) is 4.90 Å². The number of carbonyl (C=O) groups excluding carboxylic acids is 1. The highest BCUT2D eigenvalue weighted by Gasteiger charge is 2.33. The standard InChI is InChI=1S/C12H23NO2/c1-12(2,3)11(15)13(4)10(14)9-7-5-6-8-9/h9,11,15H,5-8H2,1-4H3. The van der Waals surface area contributed by atoms with Crippen LogP contribution in [0.2, 0.25) is 0 Å². The summed E-state index contributed by atoms with van der Waals surface area (Å²) < 4.78 is 0. The second-order valence-corrected chi connectivity index (χ2v) is 5.67. The van der Waals surface area contributed by atoms with Gasteiger partial charge in [-0.05, 0) is 12.8 Å². The average molecular weight is 213 g/mol. The van der Waals surface area contributed by atoms with Gasteiger partial charge in [-0.1, -0.05) is 33.6 Å². The molecule has 0 spiro atoms. The predicted molar refractivity (Wildman–Crippen MR) is 60.2 cm³/mol. The van der Waals surface area contributed by atoms with E-state index in [4.69, 9.17) is 0 Å². The number of aliphatic hydroxyl groups excluding tert-OH is 1. The molecule has 1 unspecified atom stereocenters. The van der Waals surface area contributed by atoms with E-state index >= 15 is 0 Å². The molecule has 1 N–H and O–H groups in total. The minimum Gasteiger partial charge on any atom is -0.373 e. The molecule has 0 aromatic heterocycles. The number of nitrogens with zero attached hydrogens (tertiary/aromatic N) is 1. The second-order valence-electron chi connectivity index (χ2n) is 5.67. The monoisotopic (exact) mass is 213 g/mol. The highest BCUT2D eigenvalue weighted by Crippen LogP contribution is 2.29. The van der Waals surface area contributed by atoms with Gasteiger partial charge in [0.25, 0.3) is 0 Å². The fraction of sp³-hybridized carbons (Fsp3) is 0.917. The normalized spacial score (nSPS) is 20.3. The first kappa shape index (κ1) is 12.5. The molecule has 1 aliphatic carbocycles. The highest BCUT2D eigenvalue weighted by atomic mass is 16.3. The Kier molecular flexibility index (Phi) is 3.77. The van der Waals surface area contributed by atoms with Crippen LogP contribution in [-0.2, 0) is 4.79 Å². The Balaban J connectivity index is 2.59. The number of rotatable bonds is 2. The summed E-state index contributed by atoms with van der Waals surface area (Å²) in [6.07, 6.45) is 3.58. The first-order valence-corrected chi connectivity index (χ1v) is 5.79. The molecule has 0 aromatic carbocycles. The van der Waals surface area contributed by atoms with Gasteiger partial charge in [0.2, 0.25) is 5.91 Å². The van der Waals surface area contributed by atoms with Crippen LogP contribution < -0.4 is 0 Å². The van der Waals surface area contributed by atoms with Gasteiger partial charge in [0.05, 0.1) is 0 Å². The van der Waals surface area contributed by atoms with Gasteiger partial charge in [-0.25, -0.2) is 0 Å². The number of amides is 1. The Hall–Kier alpha value is -0.570. The zero-order valence-corrected chi connectivity index (χ0v) is 10.3. The smallest absolute Gasteiger partial charge is 0.227 e. The van der Waals surface area contributed by atoms with E-state index in [1.54, 1.807) is 7.05 Å². The molecule has 1 saturated carbocycles. The van der Waals surface area contributed by atoms with Crippen LogP contribution in [-0.4, -0.2) is 29.2 Å². The largest absolute Gasteiger partial charge is 0.373 e. The number of aliphatic hydroxyl groups is 1. The molecule has 1 rings (SSSR count). The molecule has 0 heterocycles. The summed E-state index contributed by atoms with van der Waals surface area (Å²) in [7, 11) is 1.70. The fourth-order valence-electron chi connectivity index (χ4n) is 2.16. The highest BCUT2D eigenvalue weighted by molar-refractivity contribution is 5.79. The van der Waals surface area contributed by atoms with Crippen molar-refractivity contribution in [3.63, 3.8) is 0 Å². The molecule has 1 atom stereocenters. The van der Waals surface area contributed by atoms with Crippen LogP contribution in [0.4, 0.5) is 0 Å². The number of carbonyl (C=O) groups is 1. The molecule has 15 heavy (non-hydrogen) atoms. The van der Waals surface area contributed by atoms with Crippen LogP contribution >= 0.6 is 0 Å². The quantitative estimate of drug-likeness (QED) is 0.713. The maximum Gasteiger partial charge on any atom is 0.227 e. The second kappa shape index (κ2) is 4.52. The average Bonchev–Trinajstić information content (AvgIpc) is 2.65. The van der Waals surface area contributed by atoms with E-state index in [1.807, 2.05) is 20.8 Å². The summed E-state index contributed by atoms with van der Waals surface area (Å²) in [5.74, 6) is 0.252. The summed E-state index contributed by atoms with van der Waals surface area (Å²) in [6.45, 7) is 5.82. The third kappa shape index (κ3) is 2.94. The van der Waals surface area contributed by atoms with E-state index in [0.717, 1.165) is 25.7 Å². The lowest BCUT2D eigenvalue weighted by molar-refractivity contribution is -0.150. The summed E-state index contributed by atoms with van der Waals surface area (Å²) in [5.41, 5.74) is -0.275. The van der Waals surface area contributed by atoms with Gasteiger partial charge in [-0.15, -0.1) is 0 Å². The minimum atomic E-state index is -0.689. The fourth-order valence-corrected chi connectivity index (χ4v) is 2.16. The maximum atomic E-state index is 12.0. The Morgan fingerprint density at radius 1 is 1.33 bits per heavy atom. The van der Waals surface area contributed by atoms with Crippen LogP contribution in [0.25, 0.3) is 0 Å². The zero-order chi connectivity index (χ0) is 11.6. The van der Waals surface area contributed by atoms with Crippen molar-refractivity contribution in [3.8, 4) is 0 Å². The van der Waals surface area contributed by atoms with Gasteiger partial charge in [0, 0.05) is 18.4 Å². The van der Waals surface area contributed by atoms with Crippen LogP contribution in [0.15, 0.2) is 0 Å². The van der Waals surface area contributed by atoms with Crippen LogP contribution in [0, 0.1) is 11.3 Å². The lowest BCUT2D eigenvalue weighted by atomic mass is 9.92. The molecular formula is C12H23NO2. The number of hydrogen-bond acceptors (Lipinski definition) is 2. The zero-order valence-electron chi connectivity index (χ0n) is 10.3. The van der Waals surface area contributed by atoms with E-state index < -0.39 is 6.23 Å². The van der Waals surface area contributed by atoms with E-state index in [0.29, 0.717) is 0 Å². The summed E-state index contributed by atoms with van der Waals surface area (Å²) >= 11 is 0. The van der Waals surface area contributed by atoms with E-state index in [2.05, 4.69) is 0 Å². The van der Waals surface area contributed by atoms with Gasteiger partial charge in [0.1, 0.15) is 6.23 Å². The van der Waals surface area contributed by atoms with Gasteiger partial charge in [-0.3, -0.25) is 4.79 Å². The predicted octanol–water partition coefficient (Wildman–Crippen LogP) is 2.00. The summed E-state index contributed by atoms with van der Waals surface area (Å²) in [6, 6.07) is 0. The van der Waals surface area contributed by atoms with Crippen molar-refractivity contribution < 1.29 is 9.90 Å². The third-order valence-electron chi connectivity index (χ3n) is 3.19. The minimum absolute atomic E-state index is 0.106. The molecular weight excluding hydrogens is 190 g/mol. The molecule has 1 aliphatic rings. The molecule has 0 aliphatic heterocycles. The van der Waals surface area contributed by atoms with Crippen LogP contribution in [0.5, 0.6) is 0 Å². The molecule has 0 bridgehead atoms. The molecule has 0 aromatic rings. The first-order chi connectivity index (χ1) is 6.84. The van der Waals surface area contributed by atoms with Gasteiger partial charge < -0.3 is 10.0 Å². The lowest BCUT2D eigenvalue weighted by Crippen LogP contribution is -2.46. The van der Waals surface area contributed by atoms with Gasteiger partial charge in [0.15, 0.2) is 0 Å². The van der Waals surface area contributed by atoms with Crippen molar-refractivity contribution in [2.45, 2.75) is 52.7 Å². The Bertz CT molecular complexity index is 226. The Morgan fingerprint density at radius 2 is 1.80 bits per heavy atom. The molecule has 0 radical (unpaired) electrons. The van der Waals surface area contributed by atoms with E-state index in [-0.39, 0.29) is 17.2 Å². The van der Waals surface area contributed by atoms with Crippen molar-refractivity contribution >= 4 is 5.91 Å². The molecule has 3 heteroatoms. The lowest BCUT2D eigenvalue weighted by Gasteiger charge is -2.35. The summed E-state index contributed by atoms with van der Waals surface area (Å²) in [4.78, 5) is 13.5. The van der Waals surface area contributed by atoms with Crippen molar-refractivity contribution in [2.75, 3.05) is 7.05 Å². The first-order valence-electron chi connectivity index (χ1n) is 5.79. The SMILES string of the molecule is CN(C(=O)C1CCCC1)C(O)C(C)(C)C. The summed E-state index contributed by atoms with van der Waals surface area (Å²) in [5, 5.41) is 9.99. The van der Waals surface area contributed by atoms with E-state index in [9.17, 15) is 9.90 Å². The third-order valence-corrected chi connectivity index (χ3v) is 3.19. The van der Waals surface area contributed by atoms with Gasteiger partial charge >= 0.3 is 0 Å². The maximum absolute atomic E-state index is 12.0. The molecule has 1 fully saturated rings. The van der Waals surface area contributed by atoms with Crippen molar-refractivity contribution in [3.05, 3.63) is 0 Å². The molecule has 0 saturated heterocycles. The van der Waals surface area contributed by atoms with Crippen molar-refractivity contribution in [2.24, 2.45) is 11.3 Å². The molecule has 1 amide bonds. The van der Waals surface area contributed by atoms with Gasteiger partial charge in [-0.2, -0.15) is 0 Å². The van der Waals surface area contributed by atoms with Crippen LogP contribution in [0.1, 0.15) is 46.5 Å². The molecule has 88 valence electrons. The Labute approximate surface area is 92.5 Å². The number of hydrogen-bond donors (Lipinski definition) is 1. The van der Waals surface area contributed by atoms with Crippen molar-refractivity contribution in [1.29, 1.82) is 0 Å². The molecule has 3 nitrogen and oxygen atoms in total. The van der Waals surface area contributed by atoms with Crippen LogP contribution in [0.3, 0.4) is 0 Å².